The predicted molar refractivity (Wildman–Crippen MR) is 73.3 cm³/mol. The van der Waals surface area contributed by atoms with Gasteiger partial charge in [-0.1, -0.05) is 13.8 Å². The summed E-state index contributed by atoms with van der Waals surface area (Å²) in [7, 11) is 0. The molecule has 1 amide bonds. The van der Waals surface area contributed by atoms with Crippen LogP contribution >= 0.6 is 0 Å². The molecule has 2 aromatic heterocycles. The topological polar surface area (TPSA) is 57.8 Å². The highest BCUT2D eigenvalue weighted by Gasteiger charge is 2.18. The van der Waals surface area contributed by atoms with E-state index >= 15 is 0 Å². The quantitative estimate of drug-likeness (QED) is 0.898. The summed E-state index contributed by atoms with van der Waals surface area (Å²) in [6.45, 7) is 5.55. The number of nitrogens with zero attached hydrogens (tertiary/aromatic N) is 3. The number of aromatic nitrogens is 2. The maximum Gasteiger partial charge on any atom is 0.274 e. The molecule has 0 bridgehead atoms. The van der Waals surface area contributed by atoms with Crippen molar-refractivity contribution in [2.24, 2.45) is 0 Å². The second-order valence-corrected chi connectivity index (χ2v) is 4.54. The van der Waals surface area contributed by atoms with Gasteiger partial charge in [-0.25, -0.2) is 4.98 Å². The molecule has 0 fully saturated rings. The van der Waals surface area contributed by atoms with Crippen LogP contribution in [0.1, 0.15) is 37.2 Å². The number of rotatable bonds is 5. The first kappa shape index (κ1) is 13.4. The van der Waals surface area contributed by atoms with Gasteiger partial charge in [0.1, 0.15) is 5.69 Å². The van der Waals surface area contributed by atoms with Gasteiger partial charge in [0, 0.05) is 25.5 Å². The third kappa shape index (κ3) is 2.70. The molecule has 0 radical (unpaired) electrons. The first-order valence-electron chi connectivity index (χ1n) is 6.63. The van der Waals surface area contributed by atoms with Crippen LogP contribution in [0.2, 0.25) is 0 Å². The molecule has 0 aliphatic heterocycles. The Morgan fingerprint density at radius 2 is 2.05 bits per heavy atom. The Hall–Kier alpha value is -2.04. The van der Waals surface area contributed by atoms with Crippen molar-refractivity contribution < 1.29 is 9.90 Å². The summed E-state index contributed by atoms with van der Waals surface area (Å²) in [4.78, 5) is 18.4. The molecule has 102 valence electrons. The van der Waals surface area contributed by atoms with E-state index in [1.54, 1.807) is 33.8 Å². The van der Waals surface area contributed by atoms with Crippen molar-refractivity contribution in [1.82, 2.24) is 14.3 Å². The molecular weight excluding hydrogens is 242 g/mol. The fourth-order valence-corrected chi connectivity index (χ4v) is 2.12. The molecule has 2 aromatic rings. The molecule has 0 aliphatic carbocycles. The van der Waals surface area contributed by atoms with Crippen molar-refractivity contribution in [3.8, 4) is 5.75 Å². The molecule has 0 saturated heterocycles. The lowest BCUT2D eigenvalue weighted by Gasteiger charge is -2.20. The highest BCUT2D eigenvalue weighted by molar-refractivity contribution is 5.93. The molecule has 19 heavy (non-hydrogen) atoms. The summed E-state index contributed by atoms with van der Waals surface area (Å²) >= 11 is 0. The summed E-state index contributed by atoms with van der Waals surface area (Å²) in [6.07, 6.45) is 5.27. The summed E-state index contributed by atoms with van der Waals surface area (Å²) in [5.74, 6) is 0.00545. The van der Waals surface area contributed by atoms with Gasteiger partial charge in [-0.05, 0) is 25.0 Å². The Balaban J connectivity index is 2.32. The normalized spacial score (nSPS) is 10.8. The van der Waals surface area contributed by atoms with Gasteiger partial charge >= 0.3 is 0 Å². The zero-order valence-corrected chi connectivity index (χ0v) is 11.3. The Morgan fingerprint density at radius 3 is 2.63 bits per heavy atom. The zero-order valence-electron chi connectivity index (χ0n) is 11.3. The van der Waals surface area contributed by atoms with Crippen LogP contribution < -0.4 is 0 Å². The van der Waals surface area contributed by atoms with E-state index in [2.05, 4.69) is 4.98 Å². The first-order valence-corrected chi connectivity index (χ1v) is 6.63. The Kier molecular flexibility index (Phi) is 4.04. The molecule has 0 aliphatic rings. The number of hydrogen-bond donors (Lipinski definition) is 1. The number of aromatic hydroxyl groups is 1. The SMILES string of the molecule is CCCN(CCC)C(=O)c1cn2cccc(O)c2n1. The summed E-state index contributed by atoms with van der Waals surface area (Å²) in [6, 6.07) is 3.28. The number of carbonyl (C=O) groups excluding carboxylic acids is 1. The van der Waals surface area contributed by atoms with E-state index in [9.17, 15) is 9.90 Å². The van der Waals surface area contributed by atoms with Gasteiger partial charge in [0.15, 0.2) is 11.4 Å². The molecule has 5 heteroatoms. The van der Waals surface area contributed by atoms with Crippen LogP contribution in [0.15, 0.2) is 24.5 Å². The molecule has 0 unspecified atom stereocenters. The van der Waals surface area contributed by atoms with E-state index in [0.717, 1.165) is 25.9 Å². The van der Waals surface area contributed by atoms with Crippen LogP contribution in [-0.4, -0.2) is 38.4 Å². The second kappa shape index (κ2) is 5.73. The van der Waals surface area contributed by atoms with Crippen molar-refractivity contribution in [1.29, 1.82) is 0 Å². The molecule has 2 rings (SSSR count). The number of carbonyl (C=O) groups is 1. The van der Waals surface area contributed by atoms with Crippen LogP contribution in [0.25, 0.3) is 5.65 Å². The van der Waals surface area contributed by atoms with Gasteiger partial charge in [-0.15, -0.1) is 0 Å². The molecule has 5 nitrogen and oxygen atoms in total. The number of amides is 1. The van der Waals surface area contributed by atoms with Crippen LogP contribution in [0.4, 0.5) is 0 Å². The van der Waals surface area contributed by atoms with Gasteiger partial charge in [0.2, 0.25) is 0 Å². The third-order valence-corrected chi connectivity index (χ3v) is 2.96. The molecule has 2 heterocycles. The average Bonchev–Trinajstić information content (AvgIpc) is 2.83. The minimum Gasteiger partial charge on any atom is -0.504 e. The largest absolute Gasteiger partial charge is 0.504 e. The van der Waals surface area contributed by atoms with Gasteiger partial charge in [-0.2, -0.15) is 0 Å². The van der Waals surface area contributed by atoms with E-state index in [1.165, 1.54) is 0 Å². The minimum absolute atomic E-state index is 0.0770. The number of imidazole rings is 1. The van der Waals surface area contributed by atoms with Gasteiger partial charge in [-0.3, -0.25) is 4.79 Å². The van der Waals surface area contributed by atoms with E-state index in [-0.39, 0.29) is 11.7 Å². The molecule has 0 atom stereocenters. The first-order chi connectivity index (χ1) is 9.17. The number of fused-ring (bicyclic) bond motifs is 1. The lowest BCUT2D eigenvalue weighted by atomic mass is 10.3. The highest BCUT2D eigenvalue weighted by atomic mass is 16.3. The van der Waals surface area contributed by atoms with Crippen LogP contribution in [-0.2, 0) is 0 Å². The molecule has 1 N–H and O–H groups in total. The second-order valence-electron chi connectivity index (χ2n) is 4.54. The predicted octanol–water partition coefficient (Wildman–Crippen LogP) is 2.30. The Morgan fingerprint density at radius 1 is 1.37 bits per heavy atom. The van der Waals surface area contributed by atoms with Crippen molar-refractivity contribution in [3.63, 3.8) is 0 Å². The van der Waals surface area contributed by atoms with Crippen LogP contribution in [0.3, 0.4) is 0 Å². The van der Waals surface area contributed by atoms with Crippen molar-refractivity contribution >= 4 is 11.6 Å². The lowest BCUT2D eigenvalue weighted by Crippen LogP contribution is -2.32. The molecule has 0 spiro atoms. The van der Waals surface area contributed by atoms with Crippen molar-refractivity contribution in [3.05, 3.63) is 30.2 Å². The molecule has 0 aromatic carbocycles. The fraction of sp³-hybridized carbons (Fsp3) is 0.429. The standard InChI is InChI=1S/C14H19N3O2/c1-3-7-16(8-4-2)14(19)11-10-17-9-5-6-12(18)13(17)15-11/h5-6,9-10,18H,3-4,7-8H2,1-2H3. The zero-order chi connectivity index (χ0) is 13.8. The van der Waals surface area contributed by atoms with E-state index in [0.29, 0.717) is 11.3 Å². The van der Waals surface area contributed by atoms with E-state index < -0.39 is 0 Å². The Bertz CT molecular complexity index is 571. The van der Waals surface area contributed by atoms with Gasteiger partial charge in [0.25, 0.3) is 5.91 Å². The molecule has 0 saturated carbocycles. The van der Waals surface area contributed by atoms with Crippen LogP contribution in [0, 0.1) is 0 Å². The third-order valence-electron chi connectivity index (χ3n) is 2.96. The summed E-state index contributed by atoms with van der Waals surface area (Å²) < 4.78 is 1.67. The van der Waals surface area contributed by atoms with Gasteiger partial charge in [0.05, 0.1) is 0 Å². The average molecular weight is 261 g/mol. The fourth-order valence-electron chi connectivity index (χ4n) is 2.12. The lowest BCUT2D eigenvalue weighted by molar-refractivity contribution is 0.0750. The number of pyridine rings is 1. The minimum atomic E-state index is -0.0770. The van der Waals surface area contributed by atoms with E-state index in [1.807, 2.05) is 13.8 Å². The highest BCUT2D eigenvalue weighted by Crippen LogP contribution is 2.17. The van der Waals surface area contributed by atoms with Crippen molar-refractivity contribution in [2.75, 3.05) is 13.1 Å². The maximum absolute atomic E-state index is 12.4. The summed E-state index contributed by atoms with van der Waals surface area (Å²) in [5, 5.41) is 9.70. The summed E-state index contributed by atoms with van der Waals surface area (Å²) in [5.41, 5.74) is 0.794. The smallest absolute Gasteiger partial charge is 0.274 e. The van der Waals surface area contributed by atoms with Crippen molar-refractivity contribution in [2.45, 2.75) is 26.7 Å². The molecular formula is C14H19N3O2. The number of hydrogen-bond acceptors (Lipinski definition) is 3. The van der Waals surface area contributed by atoms with E-state index in [4.69, 9.17) is 0 Å². The maximum atomic E-state index is 12.4. The van der Waals surface area contributed by atoms with Gasteiger partial charge < -0.3 is 14.4 Å². The monoisotopic (exact) mass is 261 g/mol. The van der Waals surface area contributed by atoms with Crippen LogP contribution in [0.5, 0.6) is 5.75 Å². The Labute approximate surface area is 112 Å².